The largest absolute Gasteiger partial charge is 0.326 e. The van der Waals surface area contributed by atoms with Crippen LogP contribution in [0.2, 0.25) is 0 Å². The first kappa shape index (κ1) is 22.4. The second-order valence-corrected chi connectivity index (χ2v) is 8.69. The second-order valence-electron chi connectivity index (χ2n) is 8.69. The summed E-state index contributed by atoms with van der Waals surface area (Å²) in [6.07, 6.45) is 1.81. The van der Waals surface area contributed by atoms with Gasteiger partial charge in [-0.25, -0.2) is 4.98 Å². The molecule has 2 aromatic carbocycles. The van der Waals surface area contributed by atoms with Gasteiger partial charge in [-0.1, -0.05) is 55.5 Å². The van der Waals surface area contributed by atoms with Crippen molar-refractivity contribution < 1.29 is 9.59 Å². The molecule has 1 saturated heterocycles. The van der Waals surface area contributed by atoms with Crippen molar-refractivity contribution in [2.75, 3.05) is 6.54 Å². The van der Waals surface area contributed by atoms with Gasteiger partial charge in [0.2, 0.25) is 5.91 Å². The number of benzene rings is 2. The van der Waals surface area contributed by atoms with Crippen molar-refractivity contribution in [2.24, 2.45) is 18.9 Å². The smallest absolute Gasteiger partial charge is 0.256 e. The fourth-order valence-corrected chi connectivity index (χ4v) is 4.78. The van der Waals surface area contributed by atoms with E-state index >= 15 is 0 Å². The molecule has 0 aliphatic carbocycles. The number of imide groups is 1. The van der Waals surface area contributed by atoms with E-state index in [0.717, 1.165) is 33.9 Å². The number of likely N-dealkylation sites (N-methyl/N-ethyl adjacent to an activating group) is 1. The molecule has 0 spiro atoms. The first-order valence-electron chi connectivity index (χ1n) is 11.6. The van der Waals surface area contributed by atoms with Gasteiger partial charge >= 0.3 is 0 Å². The maximum absolute atomic E-state index is 13.2. The summed E-state index contributed by atoms with van der Waals surface area (Å²) in [4.78, 5) is 32.0. The molecule has 1 aliphatic rings. The van der Waals surface area contributed by atoms with E-state index in [1.54, 1.807) is 13.8 Å². The average molecular weight is 464 g/mol. The highest BCUT2D eigenvalue weighted by molar-refractivity contribution is 6.11. The lowest BCUT2D eigenvalue weighted by Crippen LogP contribution is -2.49. The number of amides is 2. The van der Waals surface area contributed by atoms with Crippen LogP contribution in [0.1, 0.15) is 19.5 Å². The van der Waals surface area contributed by atoms with Gasteiger partial charge in [-0.15, -0.1) is 0 Å². The molecule has 5 rings (SSSR count). The van der Waals surface area contributed by atoms with Crippen LogP contribution >= 0.6 is 0 Å². The second kappa shape index (κ2) is 8.73. The molecule has 174 valence electrons. The Morgan fingerprint density at radius 2 is 1.71 bits per heavy atom. The van der Waals surface area contributed by atoms with E-state index in [0.29, 0.717) is 5.57 Å². The Kier molecular flexibility index (Phi) is 5.58. The first-order valence-corrected chi connectivity index (χ1v) is 11.6. The van der Waals surface area contributed by atoms with E-state index in [1.165, 1.54) is 4.90 Å². The van der Waals surface area contributed by atoms with Gasteiger partial charge in [-0.3, -0.25) is 19.1 Å². The minimum atomic E-state index is -0.892. The number of likely N-dealkylation sites (tertiary alicyclic amines) is 1. The van der Waals surface area contributed by atoms with Crippen LogP contribution in [0.4, 0.5) is 0 Å². The van der Waals surface area contributed by atoms with Gasteiger partial charge in [0.15, 0.2) is 5.65 Å². The normalized spacial score (nSPS) is 19.5. The van der Waals surface area contributed by atoms with Gasteiger partial charge in [0, 0.05) is 36.3 Å². The van der Waals surface area contributed by atoms with Crippen LogP contribution in [-0.2, 0) is 16.6 Å². The summed E-state index contributed by atoms with van der Waals surface area (Å²) in [7, 11) is 1.97. The maximum Gasteiger partial charge on any atom is 0.256 e. The van der Waals surface area contributed by atoms with E-state index in [-0.39, 0.29) is 12.5 Å². The van der Waals surface area contributed by atoms with Gasteiger partial charge in [-0.05, 0) is 31.2 Å². The summed E-state index contributed by atoms with van der Waals surface area (Å²) in [5, 5.41) is 9.65. The average Bonchev–Trinajstić information content (AvgIpc) is 3.39. The molecule has 2 atom stereocenters. The topological polar surface area (TPSA) is 83.9 Å². The van der Waals surface area contributed by atoms with E-state index in [9.17, 15) is 14.9 Å². The van der Waals surface area contributed by atoms with Crippen LogP contribution < -0.4 is 0 Å². The summed E-state index contributed by atoms with van der Waals surface area (Å²) in [6, 6.07) is 23.9. The van der Waals surface area contributed by atoms with E-state index < -0.39 is 17.7 Å². The predicted molar refractivity (Wildman–Crippen MR) is 134 cm³/mol. The zero-order valence-electron chi connectivity index (χ0n) is 19.8. The molecule has 0 N–H and O–H groups in total. The molecule has 7 nitrogen and oxygen atoms in total. The Balaban J connectivity index is 1.74. The summed E-state index contributed by atoms with van der Waals surface area (Å²) in [5.74, 6) is -1.34. The SMILES string of the molecule is CCN1C(=O)/C(=C\c2cc3c(nc(-c4ccccc4)n3C)n2-c2ccccc2)C(C)C(C#N)C1=O. The summed E-state index contributed by atoms with van der Waals surface area (Å²) >= 11 is 0. The van der Waals surface area contributed by atoms with Crippen LogP contribution in [0.25, 0.3) is 34.3 Å². The molecule has 2 amide bonds. The molecule has 0 saturated carbocycles. The molecule has 35 heavy (non-hydrogen) atoms. The number of aromatic nitrogens is 3. The molecule has 0 bridgehead atoms. The summed E-state index contributed by atoms with van der Waals surface area (Å²) < 4.78 is 4.06. The lowest BCUT2D eigenvalue weighted by atomic mass is 9.82. The lowest BCUT2D eigenvalue weighted by molar-refractivity contribution is -0.147. The Morgan fingerprint density at radius 1 is 1.06 bits per heavy atom. The number of nitrogens with zero attached hydrogens (tertiary/aromatic N) is 5. The molecule has 0 radical (unpaired) electrons. The molecule has 2 unspecified atom stereocenters. The van der Waals surface area contributed by atoms with Crippen molar-refractivity contribution in [3.63, 3.8) is 0 Å². The molecule has 4 aromatic rings. The summed E-state index contributed by atoms with van der Waals surface area (Å²) in [5.41, 5.74) is 4.80. The maximum atomic E-state index is 13.2. The van der Waals surface area contributed by atoms with Crippen LogP contribution in [0.5, 0.6) is 0 Å². The quantitative estimate of drug-likeness (QED) is 0.328. The number of hydrogen-bond donors (Lipinski definition) is 0. The molecular formula is C28H25N5O2. The molecule has 1 aliphatic heterocycles. The molecule has 1 fully saturated rings. The number of piperidine rings is 1. The van der Waals surface area contributed by atoms with Crippen molar-refractivity contribution >= 4 is 29.1 Å². The van der Waals surface area contributed by atoms with Crippen molar-refractivity contribution in [1.29, 1.82) is 5.26 Å². The highest BCUT2D eigenvalue weighted by atomic mass is 16.2. The van der Waals surface area contributed by atoms with Crippen LogP contribution in [0.3, 0.4) is 0 Å². The van der Waals surface area contributed by atoms with Gasteiger partial charge in [-0.2, -0.15) is 5.26 Å². The van der Waals surface area contributed by atoms with Gasteiger partial charge < -0.3 is 4.57 Å². The fraction of sp³-hybridized carbons (Fsp3) is 0.214. The van der Waals surface area contributed by atoms with Crippen LogP contribution in [0.15, 0.2) is 72.3 Å². The monoisotopic (exact) mass is 463 g/mol. The Hall–Kier alpha value is -4.44. The van der Waals surface area contributed by atoms with Crippen molar-refractivity contribution in [2.45, 2.75) is 13.8 Å². The number of carbonyl (C=O) groups excluding carboxylic acids is 2. The summed E-state index contributed by atoms with van der Waals surface area (Å²) in [6.45, 7) is 3.74. The van der Waals surface area contributed by atoms with Crippen LogP contribution in [0, 0.1) is 23.2 Å². The zero-order valence-corrected chi connectivity index (χ0v) is 19.8. The Labute approximate surface area is 203 Å². The first-order chi connectivity index (χ1) is 17.0. The number of carbonyl (C=O) groups is 2. The van der Waals surface area contributed by atoms with Crippen molar-refractivity contribution in [1.82, 2.24) is 19.0 Å². The minimum absolute atomic E-state index is 0.226. The molecule has 2 aromatic heterocycles. The number of aryl methyl sites for hydroxylation is 1. The van der Waals surface area contributed by atoms with Gasteiger partial charge in [0.25, 0.3) is 5.91 Å². The molecule has 3 heterocycles. The Bertz CT molecular complexity index is 1510. The third-order valence-electron chi connectivity index (χ3n) is 6.69. The lowest BCUT2D eigenvalue weighted by Gasteiger charge is -2.33. The van der Waals surface area contributed by atoms with Crippen molar-refractivity contribution in [3.8, 4) is 23.1 Å². The van der Waals surface area contributed by atoms with Gasteiger partial charge in [0.05, 0.1) is 17.3 Å². The zero-order chi connectivity index (χ0) is 24.7. The number of rotatable bonds is 4. The third kappa shape index (κ3) is 3.55. The van der Waals surface area contributed by atoms with E-state index in [2.05, 4.69) is 6.07 Å². The number of hydrogen-bond acceptors (Lipinski definition) is 4. The number of para-hydroxylation sites is 1. The van der Waals surface area contributed by atoms with Crippen LogP contribution in [-0.4, -0.2) is 37.4 Å². The predicted octanol–water partition coefficient (Wildman–Crippen LogP) is 4.58. The third-order valence-corrected chi connectivity index (χ3v) is 6.69. The highest BCUT2D eigenvalue weighted by Crippen LogP contribution is 2.34. The number of nitriles is 1. The fourth-order valence-electron chi connectivity index (χ4n) is 4.78. The van der Waals surface area contributed by atoms with Gasteiger partial charge in [0.1, 0.15) is 11.7 Å². The molecular weight excluding hydrogens is 438 g/mol. The standard InChI is InChI=1S/C28H25N5O2/c1-4-32-27(34)22(18(2)23(17-29)28(32)35)15-21-16-24-26(33(21)20-13-9-6-10-14-20)30-25(31(24)3)19-11-7-5-8-12-19/h5-16,18,23H,4H2,1-3H3/b22-15-. The number of imidazole rings is 1. The Morgan fingerprint density at radius 3 is 2.34 bits per heavy atom. The van der Waals surface area contributed by atoms with Crippen molar-refractivity contribution in [3.05, 3.63) is 78.0 Å². The van der Waals surface area contributed by atoms with E-state index in [4.69, 9.17) is 4.98 Å². The molecule has 7 heteroatoms. The van der Waals surface area contributed by atoms with E-state index in [1.807, 2.05) is 89.0 Å². The number of fused-ring (bicyclic) bond motifs is 1. The minimum Gasteiger partial charge on any atom is -0.326 e. The highest BCUT2D eigenvalue weighted by Gasteiger charge is 2.42.